The maximum Gasteiger partial charge on any atom is 0.333 e. The molecule has 94 valence electrons. The molecular formula is C13H18O4. The molecule has 0 bridgehead atoms. The van der Waals surface area contributed by atoms with Crippen LogP contribution in [0.5, 0.6) is 0 Å². The number of ether oxygens (including phenoxy) is 2. The third kappa shape index (κ3) is 5.33. The van der Waals surface area contributed by atoms with Crippen LogP contribution in [0.4, 0.5) is 0 Å². The smallest absolute Gasteiger partial charge is 0.333 e. The first-order valence-corrected chi connectivity index (χ1v) is 5.78. The molecule has 0 aliphatic heterocycles. The summed E-state index contributed by atoms with van der Waals surface area (Å²) in [6.07, 6.45) is 6.85. The number of hydrogen-bond acceptors (Lipinski definition) is 4. The van der Waals surface area contributed by atoms with Crippen LogP contribution < -0.4 is 0 Å². The molecule has 0 heterocycles. The van der Waals surface area contributed by atoms with Gasteiger partial charge < -0.3 is 9.47 Å². The highest BCUT2D eigenvalue weighted by atomic mass is 16.6. The van der Waals surface area contributed by atoms with E-state index < -0.39 is 5.97 Å². The minimum atomic E-state index is -0.477. The van der Waals surface area contributed by atoms with Gasteiger partial charge >= 0.3 is 11.9 Å². The predicted molar refractivity (Wildman–Crippen MR) is 63.3 cm³/mol. The molecule has 0 fully saturated rings. The highest BCUT2D eigenvalue weighted by Crippen LogP contribution is 2.14. The lowest BCUT2D eigenvalue weighted by molar-refractivity contribution is -0.150. The average Bonchev–Trinajstić information content (AvgIpc) is 2.30. The molecule has 0 spiro atoms. The van der Waals surface area contributed by atoms with Crippen molar-refractivity contribution >= 4 is 11.9 Å². The van der Waals surface area contributed by atoms with Crippen molar-refractivity contribution in [1.29, 1.82) is 0 Å². The molecule has 0 saturated carbocycles. The fourth-order valence-corrected chi connectivity index (χ4v) is 1.46. The van der Waals surface area contributed by atoms with Crippen LogP contribution in [-0.4, -0.2) is 24.6 Å². The first kappa shape index (κ1) is 13.5. The average molecular weight is 238 g/mol. The molecule has 0 N–H and O–H groups in total. The van der Waals surface area contributed by atoms with Gasteiger partial charge in [-0.1, -0.05) is 12.7 Å². The Morgan fingerprint density at radius 2 is 2.24 bits per heavy atom. The van der Waals surface area contributed by atoms with Gasteiger partial charge in [0, 0.05) is 5.57 Å². The molecule has 17 heavy (non-hydrogen) atoms. The van der Waals surface area contributed by atoms with E-state index in [4.69, 9.17) is 9.47 Å². The molecule has 1 aliphatic carbocycles. The van der Waals surface area contributed by atoms with Crippen LogP contribution in [0.25, 0.3) is 0 Å². The molecule has 1 unspecified atom stereocenters. The van der Waals surface area contributed by atoms with Crippen LogP contribution >= 0.6 is 0 Å². The maximum atomic E-state index is 11.4. The minimum absolute atomic E-state index is 0.0426. The van der Waals surface area contributed by atoms with Gasteiger partial charge in [-0.25, -0.2) is 4.79 Å². The summed E-state index contributed by atoms with van der Waals surface area (Å²) >= 11 is 0. The van der Waals surface area contributed by atoms with Gasteiger partial charge in [0.2, 0.25) is 0 Å². The van der Waals surface area contributed by atoms with E-state index in [2.05, 4.69) is 6.58 Å². The van der Waals surface area contributed by atoms with E-state index in [-0.39, 0.29) is 25.1 Å². The van der Waals surface area contributed by atoms with Gasteiger partial charge in [-0.15, -0.1) is 0 Å². The Balaban J connectivity index is 2.17. The van der Waals surface area contributed by atoms with Crippen LogP contribution in [0.15, 0.2) is 24.3 Å². The van der Waals surface area contributed by atoms with Crippen LogP contribution in [0.1, 0.15) is 32.6 Å². The fraction of sp³-hybridized carbons (Fsp3) is 0.538. The predicted octanol–water partition coefficient (Wildman–Crippen LogP) is 2.15. The van der Waals surface area contributed by atoms with Crippen LogP contribution in [0.3, 0.4) is 0 Å². The molecule has 0 aromatic heterocycles. The van der Waals surface area contributed by atoms with Crippen LogP contribution in [0, 0.1) is 0 Å². The molecule has 1 rings (SSSR count). The highest BCUT2D eigenvalue weighted by molar-refractivity contribution is 5.87. The van der Waals surface area contributed by atoms with Crippen molar-refractivity contribution in [2.24, 2.45) is 0 Å². The Bertz CT molecular complexity index is 330. The van der Waals surface area contributed by atoms with Crippen molar-refractivity contribution in [2.75, 3.05) is 6.61 Å². The summed E-state index contributed by atoms with van der Waals surface area (Å²) in [5, 5.41) is 0. The van der Waals surface area contributed by atoms with Crippen molar-refractivity contribution in [2.45, 2.75) is 38.7 Å². The summed E-state index contributed by atoms with van der Waals surface area (Å²) < 4.78 is 10.0. The molecule has 1 aliphatic rings. The summed E-state index contributed by atoms with van der Waals surface area (Å²) in [5.41, 5.74) is 0.327. The summed E-state index contributed by atoms with van der Waals surface area (Å²) in [5.74, 6) is -0.813. The number of carbonyl (C=O) groups is 2. The molecule has 0 aromatic rings. The zero-order chi connectivity index (χ0) is 12.7. The molecule has 0 amide bonds. The summed E-state index contributed by atoms with van der Waals surface area (Å²) in [4.78, 5) is 22.4. The minimum Gasteiger partial charge on any atom is -0.462 e. The van der Waals surface area contributed by atoms with Crippen LogP contribution in [0.2, 0.25) is 0 Å². The quantitative estimate of drug-likeness (QED) is 0.418. The SMILES string of the molecule is C=C(C)C(=O)OCCC(=O)OC1C=CCCC1. The van der Waals surface area contributed by atoms with Gasteiger partial charge in [0.05, 0.1) is 6.42 Å². The number of rotatable bonds is 5. The Kier molecular flexibility index (Phi) is 5.46. The lowest BCUT2D eigenvalue weighted by Crippen LogP contribution is -2.19. The van der Waals surface area contributed by atoms with Crippen molar-refractivity contribution in [3.63, 3.8) is 0 Å². The number of allylic oxidation sites excluding steroid dienone is 1. The number of carbonyl (C=O) groups excluding carboxylic acids is 2. The van der Waals surface area contributed by atoms with Crippen molar-refractivity contribution in [1.82, 2.24) is 0 Å². The molecule has 4 nitrogen and oxygen atoms in total. The van der Waals surface area contributed by atoms with Crippen molar-refractivity contribution < 1.29 is 19.1 Å². The van der Waals surface area contributed by atoms with E-state index in [1.807, 2.05) is 12.2 Å². The Labute approximate surface area is 101 Å². The van der Waals surface area contributed by atoms with E-state index in [0.717, 1.165) is 19.3 Å². The summed E-state index contributed by atoms with van der Waals surface area (Å²) in [6, 6.07) is 0. The second-order valence-electron chi connectivity index (χ2n) is 4.05. The number of esters is 2. The van der Waals surface area contributed by atoms with Crippen molar-refractivity contribution in [3.8, 4) is 0 Å². The summed E-state index contributed by atoms with van der Waals surface area (Å²) in [7, 11) is 0. The number of hydrogen-bond donors (Lipinski definition) is 0. The molecule has 0 radical (unpaired) electrons. The Hall–Kier alpha value is -1.58. The van der Waals surface area contributed by atoms with Crippen molar-refractivity contribution in [3.05, 3.63) is 24.3 Å². The normalized spacial score (nSPS) is 18.5. The lowest BCUT2D eigenvalue weighted by Gasteiger charge is -2.16. The van der Waals surface area contributed by atoms with Gasteiger partial charge in [0.25, 0.3) is 0 Å². The summed E-state index contributed by atoms with van der Waals surface area (Å²) in [6.45, 7) is 5.05. The zero-order valence-corrected chi connectivity index (χ0v) is 10.1. The second kappa shape index (κ2) is 6.89. The fourth-order valence-electron chi connectivity index (χ4n) is 1.46. The first-order chi connectivity index (χ1) is 8.09. The highest BCUT2D eigenvalue weighted by Gasteiger charge is 2.14. The van der Waals surface area contributed by atoms with Gasteiger partial charge in [-0.3, -0.25) is 4.79 Å². The third-order valence-electron chi connectivity index (χ3n) is 2.38. The Morgan fingerprint density at radius 3 is 2.82 bits per heavy atom. The largest absolute Gasteiger partial charge is 0.462 e. The van der Waals surface area contributed by atoms with E-state index in [1.54, 1.807) is 6.92 Å². The third-order valence-corrected chi connectivity index (χ3v) is 2.38. The standard InChI is InChI=1S/C13H18O4/c1-10(2)13(15)16-9-8-12(14)17-11-6-4-3-5-7-11/h4,6,11H,1,3,5,7-9H2,2H3. The molecular weight excluding hydrogens is 220 g/mol. The van der Waals surface area contributed by atoms with Gasteiger partial charge in [-0.2, -0.15) is 0 Å². The monoisotopic (exact) mass is 238 g/mol. The van der Waals surface area contributed by atoms with Gasteiger partial charge in [-0.05, 0) is 32.3 Å². The first-order valence-electron chi connectivity index (χ1n) is 5.78. The Morgan fingerprint density at radius 1 is 1.47 bits per heavy atom. The zero-order valence-electron chi connectivity index (χ0n) is 10.1. The van der Waals surface area contributed by atoms with E-state index in [0.29, 0.717) is 5.57 Å². The van der Waals surface area contributed by atoms with E-state index in [9.17, 15) is 9.59 Å². The van der Waals surface area contributed by atoms with E-state index in [1.165, 1.54) is 0 Å². The maximum absolute atomic E-state index is 11.4. The molecule has 4 heteroatoms. The van der Waals surface area contributed by atoms with Gasteiger partial charge in [0.1, 0.15) is 12.7 Å². The lowest BCUT2D eigenvalue weighted by atomic mass is 10.1. The topological polar surface area (TPSA) is 52.6 Å². The molecule has 0 aromatic carbocycles. The second-order valence-corrected chi connectivity index (χ2v) is 4.05. The molecule has 1 atom stereocenters. The van der Waals surface area contributed by atoms with Crippen LogP contribution in [-0.2, 0) is 19.1 Å². The van der Waals surface area contributed by atoms with E-state index >= 15 is 0 Å². The van der Waals surface area contributed by atoms with Gasteiger partial charge in [0.15, 0.2) is 0 Å². The molecule has 0 saturated heterocycles.